The molecule has 0 spiro atoms. The van der Waals surface area contributed by atoms with Gasteiger partial charge in [0.1, 0.15) is 5.75 Å². The maximum absolute atomic E-state index is 13.6. The van der Waals surface area contributed by atoms with E-state index < -0.39 is 5.92 Å². The van der Waals surface area contributed by atoms with Crippen LogP contribution in [0.3, 0.4) is 0 Å². The van der Waals surface area contributed by atoms with Crippen molar-refractivity contribution in [2.75, 3.05) is 43.6 Å². The number of rotatable bonds is 8. The molecule has 0 aromatic heterocycles. The van der Waals surface area contributed by atoms with Gasteiger partial charge < -0.3 is 24.6 Å². The van der Waals surface area contributed by atoms with E-state index in [1.807, 2.05) is 44.2 Å². The number of nitrogens with one attached hydrogen (secondary N) is 1. The average Bonchev–Trinajstić information content (AvgIpc) is 3.51. The predicted molar refractivity (Wildman–Crippen MR) is 134 cm³/mol. The smallest absolute Gasteiger partial charge is 0.244 e. The van der Waals surface area contributed by atoms with Crippen LogP contribution in [0.5, 0.6) is 5.75 Å². The Balaban J connectivity index is 1.46. The molecule has 0 radical (unpaired) electrons. The number of hydrogen-bond donors (Lipinski definition) is 1. The molecule has 0 saturated carbocycles. The summed E-state index contributed by atoms with van der Waals surface area (Å²) >= 11 is 0. The highest BCUT2D eigenvalue weighted by atomic mass is 16.5. The van der Waals surface area contributed by atoms with Crippen LogP contribution in [-0.4, -0.2) is 62.1 Å². The first-order chi connectivity index (χ1) is 16.9. The van der Waals surface area contributed by atoms with Crippen LogP contribution in [0.15, 0.2) is 42.5 Å². The van der Waals surface area contributed by atoms with Gasteiger partial charge in [-0.15, -0.1) is 0 Å². The predicted octanol–water partition coefficient (Wildman–Crippen LogP) is 3.31. The van der Waals surface area contributed by atoms with Crippen molar-refractivity contribution in [3.05, 3.63) is 53.6 Å². The second-order valence-electron chi connectivity index (χ2n) is 9.25. The summed E-state index contributed by atoms with van der Waals surface area (Å²) in [5.74, 6) is -0.377. The second-order valence-corrected chi connectivity index (χ2v) is 9.25. The number of nitrogens with zero attached hydrogens (tertiary/aromatic N) is 2. The van der Waals surface area contributed by atoms with E-state index in [2.05, 4.69) is 5.32 Å². The van der Waals surface area contributed by atoms with Gasteiger partial charge in [0.25, 0.3) is 0 Å². The molecule has 3 amide bonds. The molecule has 35 heavy (non-hydrogen) atoms. The standard InChI is InChI=1S/C27H33N3O5/c1-18-6-4-8-24(19(18)2)28-25(31)17-29(16-23-7-5-13-35-23)27(33)20-14-26(32)30(15-20)21-9-11-22(34-3)12-10-21/h4,6,8-12,20,23H,5,7,13-17H2,1-3H3,(H,28,31). The Bertz CT molecular complexity index is 1080. The van der Waals surface area contributed by atoms with Gasteiger partial charge in [0.05, 0.1) is 25.7 Å². The van der Waals surface area contributed by atoms with Crippen molar-refractivity contribution in [2.24, 2.45) is 5.92 Å². The number of aryl methyl sites for hydroxylation is 1. The van der Waals surface area contributed by atoms with Crippen molar-refractivity contribution in [1.29, 1.82) is 0 Å². The van der Waals surface area contributed by atoms with Crippen molar-refractivity contribution in [3.63, 3.8) is 0 Å². The zero-order chi connectivity index (χ0) is 24.9. The first-order valence-electron chi connectivity index (χ1n) is 12.1. The van der Waals surface area contributed by atoms with E-state index >= 15 is 0 Å². The van der Waals surface area contributed by atoms with E-state index in [0.29, 0.717) is 18.9 Å². The summed E-state index contributed by atoms with van der Waals surface area (Å²) in [6.45, 7) is 5.15. The van der Waals surface area contributed by atoms with Gasteiger partial charge in [-0.3, -0.25) is 14.4 Å². The van der Waals surface area contributed by atoms with Gasteiger partial charge in [-0.1, -0.05) is 12.1 Å². The molecule has 2 unspecified atom stereocenters. The highest BCUT2D eigenvalue weighted by Gasteiger charge is 2.38. The fourth-order valence-corrected chi connectivity index (χ4v) is 4.66. The number of benzene rings is 2. The Labute approximate surface area is 206 Å². The van der Waals surface area contributed by atoms with Gasteiger partial charge in [0.2, 0.25) is 17.7 Å². The van der Waals surface area contributed by atoms with Crippen LogP contribution < -0.4 is 15.0 Å². The van der Waals surface area contributed by atoms with E-state index in [1.165, 1.54) is 0 Å². The molecule has 2 aliphatic rings. The molecule has 2 aliphatic heterocycles. The highest BCUT2D eigenvalue weighted by Crippen LogP contribution is 2.28. The summed E-state index contributed by atoms with van der Waals surface area (Å²) in [5.41, 5.74) is 3.54. The van der Waals surface area contributed by atoms with Crippen LogP contribution in [0.4, 0.5) is 11.4 Å². The lowest BCUT2D eigenvalue weighted by Crippen LogP contribution is -2.45. The molecule has 0 aliphatic carbocycles. The Kier molecular flexibility index (Phi) is 7.70. The molecule has 4 rings (SSSR count). The molecule has 0 bridgehead atoms. The van der Waals surface area contributed by atoms with Gasteiger partial charge in [-0.2, -0.15) is 0 Å². The minimum atomic E-state index is -0.514. The maximum atomic E-state index is 13.6. The van der Waals surface area contributed by atoms with Gasteiger partial charge >= 0.3 is 0 Å². The van der Waals surface area contributed by atoms with Gasteiger partial charge in [0, 0.05) is 37.5 Å². The summed E-state index contributed by atoms with van der Waals surface area (Å²) in [4.78, 5) is 42.5. The molecule has 2 heterocycles. The molecule has 2 atom stereocenters. The number of carbonyl (C=O) groups is 3. The fourth-order valence-electron chi connectivity index (χ4n) is 4.66. The third-order valence-electron chi connectivity index (χ3n) is 6.83. The Morgan fingerprint density at radius 1 is 1.17 bits per heavy atom. The van der Waals surface area contributed by atoms with Crippen LogP contribution in [0.2, 0.25) is 0 Å². The third kappa shape index (κ3) is 5.82. The molecule has 2 aromatic rings. The van der Waals surface area contributed by atoms with Crippen molar-refractivity contribution >= 4 is 29.1 Å². The SMILES string of the molecule is COc1ccc(N2CC(C(=O)N(CC(=O)Nc3cccc(C)c3C)CC3CCCO3)CC2=O)cc1. The van der Waals surface area contributed by atoms with Crippen LogP contribution >= 0.6 is 0 Å². The number of amides is 3. The summed E-state index contributed by atoms with van der Waals surface area (Å²) in [5, 5.41) is 2.94. The summed E-state index contributed by atoms with van der Waals surface area (Å²) in [7, 11) is 1.59. The number of anilines is 2. The molecule has 2 aromatic carbocycles. The van der Waals surface area contributed by atoms with E-state index in [1.54, 1.807) is 29.0 Å². The molecular formula is C27H33N3O5. The maximum Gasteiger partial charge on any atom is 0.244 e. The summed E-state index contributed by atoms with van der Waals surface area (Å²) in [6, 6.07) is 12.9. The first kappa shape index (κ1) is 24.7. The topological polar surface area (TPSA) is 88.2 Å². The van der Waals surface area contributed by atoms with E-state index in [9.17, 15) is 14.4 Å². The summed E-state index contributed by atoms with van der Waals surface area (Å²) < 4.78 is 10.9. The first-order valence-corrected chi connectivity index (χ1v) is 12.1. The molecular weight excluding hydrogens is 446 g/mol. The van der Waals surface area contributed by atoms with Gasteiger partial charge in [-0.05, 0) is 68.1 Å². The minimum absolute atomic E-state index is 0.0840. The lowest BCUT2D eigenvalue weighted by Gasteiger charge is -2.27. The van der Waals surface area contributed by atoms with Crippen molar-refractivity contribution in [1.82, 2.24) is 4.90 Å². The van der Waals surface area contributed by atoms with Crippen LogP contribution in [0.25, 0.3) is 0 Å². The second kappa shape index (κ2) is 10.9. The van der Waals surface area contributed by atoms with Crippen LogP contribution in [-0.2, 0) is 19.1 Å². The molecule has 186 valence electrons. The molecule has 2 fully saturated rings. The van der Waals surface area contributed by atoms with Gasteiger partial charge in [0.15, 0.2) is 0 Å². The Morgan fingerprint density at radius 2 is 1.94 bits per heavy atom. The average molecular weight is 480 g/mol. The number of hydrogen-bond acceptors (Lipinski definition) is 5. The normalized spacial score (nSPS) is 19.6. The van der Waals surface area contributed by atoms with Crippen molar-refractivity contribution in [2.45, 2.75) is 39.2 Å². The Morgan fingerprint density at radius 3 is 2.63 bits per heavy atom. The fraction of sp³-hybridized carbons (Fsp3) is 0.444. The number of methoxy groups -OCH3 is 1. The monoisotopic (exact) mass is 479 g/mol. The van der Waals surface area contributed by atoms with Crippen LogP contribution in [0.1, 0.15) is 30.4 Å². The zero-order valence-electron chi connectivity index (χ0n) is 20.6. The quantitative estimate of drug-likeness (QED) is 0.628. The lowest BCUT2D eigenvalue weighted by atomic mass is 10.1. The minimum Gasteiger partial charge on any atom is -0.497 e. The molecule has 1 N–H and O–H groups in total. The van der Waals surface area contributed by atoms with Gasteiger partial charge in [-0.25, -0.2) is 0 Å². The van der Waals surface area contributed by atoms with E-state index in [4.69, 9.17) is 9.47 Å². The van der Waals surface area contributed by atoms with E-state index in [-0.39, 0.29) is 43.3 Å². The Hall–Kier alpha value is -3.39. The molecule has 2 saturated heterocycles. The molecule has 8 heteroatoms. The lowest BCUT2D eigenvalue weighted by molar-refractivity contribution is -0.139. The zero-order valence-corrected chi connectivity index (χ0v) is 20.6. The van der Waals surface area contributed by atoms with Crippen molar-refractivity contribution in [3.8, 4) is 5.75 Å². The molecule has 8 nitrogen and oxygen atoms in total. The number of ether oxygens (including phenoxy) is 2. The van der Waals surface area contributed by atoms with Crippen LogP contribution in [0, 0.1) is 19.8 Å². The largest absolute Gasteiger partial charge is 0.497 e. The number of carbonyl (C=O) groups excluding carboxylic acids is 3. The summed E-state index contributed by atoms with van der Waals surface area (Å²) in [6.07, 6.45) is 1.81. The third-order valence-corrected chi connectivity index (χ3v) is 6.83. The van der Waals surface area contributed by atoms with E-state index in [0.717, 1.165) is 35.3 Å². The van der Waals surface area contributed by atoms with Crippen molar-refractivity contribution < 1.29 is 23.9 Å². The highest BCUT2D eigenvalue weighted by molar-refractivity contribution is 6.01.